The van der Waals surface area contributed by atoms with Crippen LogP contribution < -0.4 is 21.3 Å². The Morgan fingerprint density at radius 3 is 1.48 bits per heavy atom. The van der Waals surface area contributed by atoms with Gasteiger partial charge in [0, 0.05) is 12.8 Å². The molecule has 0 aliphatic carbocycles. The number of hydrogen-bond donors (Lipinski definition) is 7. The second-order valence-corrected chi connectivity index (χ2v) is 5.84. The van der Waals surface area contributed by atoms with Gasteiger partial charge in [-0.3, -0.25) is 19.7 Å². The molecule has 3 atom stereocenters. The van der Waals surface area contributed by atoms with Gasteiger partial charge in [0.05, 0.1) is 11.5 Å². The number of thiol groups is 3. The fourth-order valence-electron chi connectivity index (χ4n) is 1.58. The molecule has 3 amide bonds. The van der Waals surface area contributed by atoms with Gasteiger partial charge in [-0.25, -0.2) is 13.2 Å². The third kappa shape index (κ3) is 5.86. The van der Waals surface area contributed by atoms with Crippen molar-refractivity contribution in [3.8, 4) is 0 Å². The molecule has 0 aromatic rings. The summed E-state index contributed by atoms with van der Waals surface area (Å²) in [6, 6.07) is 0. The van der Waals surface area contributed by atoms with Gasteiger partial charge < -0.3 is 16.0 Å². The smallest absolute Gasteiger partial charge is 0.282 e. The number of halogens is 3. The average molecular weight is 423 g/mol. The van der Waals surface area contributed by atoms with E-state index in [2.05, 4.69) is 43.2 Å². The van der Waals surface area contributed by atoms with E-state index in [0.717, 1.165) is 7.05 Å². The van der Waals surface area contributed by atoms with Crippen molar-refractivity contribution in [3.05, 3.63) is 0 Å². The fourth-order valence-corrected chi connectivity index (χ4v) is 2.28. The van der Waals surface area contributed by atoms with Crippen molar-refractivity contribution in [2.45, 2.75) is 24.3 Å². The van der Waals surface area contributed by atoms with Crippen LogP contribution in [0, 0.1) is 0 Å². The molecule has 0 aliphatic heterocycles. The van der Waals surface area contributed by atoms with Gasteiger partial charge in [0.25, 0.3) is 29.3 Å². The van der Waals surface area contributed by atoms with Gasteiger partial charge in [0.1, 0.15) is 0 Å². The van der Waals surface area contributed by atoms with Crippen molar-refractivity contribution in [1.82, 2.24) is 21.3 Å². The summed E-state index contributed by atoms with van der Waals surface area (Å²) in [5.74, 6) is -16.1. The molecule has 0 unspecified atom stereocenters. The van der Waals surface area contributed by atoms with E-state index in [4.69, 9.17) is 0 Å². The lowest BCUT2D eigenvalue weighted by Crippen LogP contribution is -2.68. The Morgan fingerprint density at radius 1 is 0.800 bits per heavy atom. The second kappa shape index (κ2) is 9.78. The van der Waals surface area contributed by atoms with Crippen LogP contribution >= 0.6 is 37.9 Å². The first-order chi connectivity index (χ1) is 11.5. The Morgan fingerprint density at radius 2 is 1.16 bits per heavy atom. The molecular weight excluding hydrogens is 401 g/mol. The molecule has 0 rings (SSSR count). The van der Waals surface area contributed by atoms with Crippen molar-refractivity contribution in [2.75, 3.05) is 30.9 Å². The molecule has 0 heterocycles. The highest BCUT2D eigenvalue weighted by Gasteiger charge is 2.49. The summed E-state index contributed by atoms with van der Waals surface area (Å²) >= 11 is 10.8. The highest BCUT2D eigenvalue weighted by molar-refractivity contribution is 7.80. The highest BCUT2D eigenvalue weighted by Crippen LogP contribution is 2.18. The lowest BCUT2D eigenvalue weighted by Gasteiger charge is -2.31. The Balaban J connectivity index is 5.42. The van der Waals surface area contributed by atoms with Gasteiger partial charge in [-0.2, -0.15) is 37.9 Å². The maximum Gasteiger partial charge on any atom is 0.282 e. The summed E-state index contributed by atoms with van der Waals surface area (Å²) in [4.78, 5) is 35.5. The first-order valence-electron chi connectivity index (χ1n) is 7.00. The molecule has 0 spiro atoms. The van der Waals surface area contributed by atoms with Crippen molar-refractivity contribution in [2.24, 2.45) is 0 Å². The van der Waals surface area contributed by atoms with E-state index >= 15 is 0 Å². The van der Waals surface area contributed by atoms with Gasteiger partial charge in [-0.1, -0.05) is 6.92 Å². The molecule has 0 radical (unpaired) electrons. The average Bonchev–Trinajstić information content (AvgIpc) is 2.60. The van der Waals surface area contributed by atoms with Crippen molar-refractivity contribution in [3.63, 3.8) is 0 Å². The van der Waals surface area contributed by atoms with Crippen LogP contribution in [0.5, 0.6) is 0 Å². The number of hydrogen-bond acceptors (Lipinski definition) is 7. The Bertz CT molecular complexity index is 519. The molecule has 146 valence electrons. The number of nitrogens with one attached hydrogen (secondary N) is 4. The van der Waals surface area contributed by atoms with Gasteiger partial charge in [-0.15, -0.1) is 0 Å². The largest absolute Gasteiger partial charge is 0.355 e. The molecular formula is C12H21F3N4O3S3. The van der Waals surface area contributed by atoms with Crippen LogP contribution in [0.1, 0.15) is 6.92 Å². The summed E-state index contributed by atoms with van der Waals surface area (Å²) in [6.07, 6.45) is 0. The number of rotatable bonds is 10. The van der Waals surface area contributed by atoms with E-state index in [1.165, 1.54) is 17.6 Å². The maximum absolute atomic E-state index is 14.7. The SMILES string of the molecule is CCN[C@](F)(CS)C(=O)N[C@@](F)(CS)C(=O)N[C@@](F)(CS)C(=O)NC. The van der Waals surface area contributed by atoms with Gasteiger partial charge in [-0.05, 0) is 6.54 Å². The minimum atomic E-state index is -3.29. The van der Waals surface area contributed by atoms with E-state index < -0.39 is 52.4 Å². The normalized spacial score (nSPS) is 18.2. The van der Waals surface area contributed by atoms with Crippen LogP contribution in [0.15, 0.2) is 0 Å². The molecule has 4 N–H and O–H groups in total. The summed E-state index contributed by atoms with van der Waals surface area (Å²) in [5, 5.41) is 7.10. The maximum atomic E-state index is 14.7. The van der Waals surface area contributed by atoms with Crippen LogP contribution in [0.2, 0.25) is 0 Å². The zero-order valence-electron chi connectivity index (χ0n) is 13.5. The first-order valence-corrected chi connectivity index (χ1v) is 8.90. The Kier molecular flexibility index (Phi) is 9.47. The zero-order valence-corrected chi connectivity index (χ0v) is 16.2. The highest BCUT2D eigenvalue weighted by atomic mass is 32.1. The molecule has 0 saturated heterocycles. The van der Waals surface area contributed by atoms with E-state index in [-0.39, 0.29) is 6.54 Å². The van der Waals surface area contributed by atoms with Crippen LogP contribution in [0.25, 0.3) is 0 Å². The van der Waals surface area contributed by atoms with Gasteiger partial charge in [0.15, 0.2) is 0 Å². The lowest BCUT2D eigenvalue weighted by molar-refractivity contribution is -0.150. The molecule has 0 saturated carbocycles. The summed E-state index contributed by atoms with van der Waals surface area (Å²) in [7, 11) is 1.09. The fraction of sp³-hybridized carbons (Fsp3) is 0.750. The topological polar surface area (TPSA) is 99.3 Å². The van der Waals surface area contributed by atoms with Gasteiger partial charge in [0.2, 0.25) is 5.79 Å². The van der Waals surface area contributed by atoms with E-state index in [9.17, 15) is 27.6 Å². The lowest BCUT2D eigenvalue weighted by atomic mass is 10.1. The molecule has 0 aromatic heterocycles. The second-order valence-electron chi connectivity index (χ2n) is 4.90. The molecule has 0 aliphatic rings. The van der Waals surface area contributed by atoms with E-state index in [1.54, 1.807) is 0 Å². The number of alkyl halides is 3. The predicted octanol–water partition coefficient (Wildman–Crippen LogP) is -0.639. The molecule has 0 aromatic carbocycles. The molecule has 0 fully saturated rings. The summed E-state index contributed by atoms with van der Waals surface area (Å²) in [6.45, 7) is 1.51. The van der Waals surface area contributed by atoms with Crippen LogP contribution in [0.4, 0.5) is 13.2 Å². The molecule has 0 bridgehead atoms. The third-order valence-electron chi connectivity index (χ3n) is 3.04. The summed E-state index contributed by atoms with van der Waals surface area (Å²) < 4.78 is 43.5. The standard InChI is InChI=1S/C12H21F3N4O3S3/c1-3-17-10(13,4-23)8(21)18-12(15,6-25)9(22)19-11(14,5-24)7(20)16-2/h17,23-25H,3-6H2,1-2H3,(H,16,20)(H,18,21)(H,19,22)/t10-,11+,12+/m1/s1. The number of carbonyl (C=O) groups is 3. The molecule has 7 nitrogen and oxygen atoms in total. The van der Waals surface area contributed by atoms with E-state index in [0.29, 0.717) is 0 Å². The van der Waals surface area contributed by atoms with Gasteiger partial charge >= 0.3 is 0 Å². The number of carbonyl (C=O) groups excluding carboxylic acids is 3. The monoisotopic (exact) mass is 422 g/mol. The third-order valence-corrected chi connectivity index (χ3v) is 4.35. The van der Waals surface area contributed by atoms with Crippen LogP contribution in [-0.4, -0.2) is 66.0 Å². The van der Waals surface area contributed by atoms with E-state index in [1.807, 2.05) is 5.32 Å². The summed E-state index contributed by atoms with van der Waals surface area (Å²) in [5.41, 5.74) is 0. The van der Waals surface area contributed by atoms with Crippen molar-refractivity contribution >= 4 is 55.6 Å². The van der Waals surface area contributed by atoms with Crippen LogP contribution in [-0.2, 0) is 14.4 Å². The quantitative estimate of drug-likeness (QED) is 0.188. The molecule has 13 heteroatoms. The zero-order chi connectivity index (χ0) is 19.9. The minimum absolute atomic E-state index is 0.0146. The Labute approximate surface area is 159 Å². The van der Waals surface area contributed by atoms with Crippen molar-refractivity contribution < 1.29 is 27.6 Å². The Hall–Kier alpha value is -0.790. The van der Waals surface area contributed by atoms with Crippen LogP contribution in [0.3, 0.4) is 0 Å². The van der Waals surface area contributed by atoms with Crippen molar-refractivity contribution in [1.29, 1.82) is 0 Å². The molecule has 25 heavy (non-hydrogen) atoms. The minimum Gasteiger partial charge on any atom is -0.355 e. The number of amides is 3. The number of likely N-dealkylation sites (N-methyl/N-ethyl adjacent to an activating group) is 2. The predicted molar refractivity (Wildman–Crippen MR) is 97.1 cm³/mol. The first kappa shape index (κ1) is 24.2.